The van der Waals surface area contributed by atoms with Crippen molar-refractivity contribution in [2.75, 3.05) is 0 Å². The van der Waals surface area contributed by atoms with Crippen LogP contribution in [-0.4, -0.2) is 29.4 Å². The van der Waals surface area contributed by atoms with Crippen LogP contribution in [0, 0.1) is 0 Å². The number of aliphatic hydroxyl groups is 1. The van der Waals surface area contributed by atoms with Crippen molar-refractivity contribution >= 4 is 10.1 Å². The maximum absolute atomic E-state index is 10.8. The zero-order chi connectivity index (χ0) is 12.6. The third-order valence-corrected chi connectivity index (χ3v) is 4.20. The standard InChI is InChI=1S/C11H24O4S.Na/c1-3-5-7-10(12)8-6-9-11(4-2)16(13,14)15;/h10-12H,3-9H2,1-2H3,(H,13,14,15);/q;+1/p-1. The predicted molar refractivity (Wildman–Crippen MR) is 63.2 cm³/mol. The number of hydrogen-bond donors (Lipinski definition) is 1. The molecule has 0 bridgehead atoms. The van der Waals surface area contributed by atoms with Crippen LogP contribution in [0.1, 0.15) is 58.8 Å². The van der Waals surface area contributed by atoms with Gasteiger partial charge in [0.05, 0.1) is 16.2 Å². The summed E-state index contributed by atoms with van der Waals surface area (Å²) in [5, 5.41) is 8.75. The molecule has 2 atom stereocenters. The first kappa shape index (κ1) is 20.2. The Morgan fingerprint density at radius 2 is 1.65 bits per heavy atom. The first-order valence-electron chi connectivity index (χ1n) is 6.04. The van der Waals surface area contributed by atoms with Gasteiger partial charge in [-0.15, -0.1) is 0 Å². The number of hydrogen-bond acceptors (Lipinski definition) is 4. The minimum absolute atomic E-state index is 0. The van der Waals surface area contributed by atoms with Gasteiger partial charge in [0.25, 0.3) is 0 Å². The van der Waals surface area contributed by atoms with Crippen molar-refractivity contribution in [3.8, 4) is 0 Å². The summed E-state index contributed by atoms with van der Waals surface area (Å²) in [7, 11) is -4.16. The Bertz CT molecular complexity index is 267. The quantitative estimate of drug-likeness (QED) is 0.434. The summed E-state index contributed by atoms with van der Waals surface area (Å²) in [6.45, 7) is 3.76. The van der Waals surface area contributed by atoms with Crippen LogP contribution >= 0.6 is 0 Å². The van der Waals surface area contributed by atoms with E-state index < -0.39 is 15.4 Å². The molecule has 0 radical (unpaired) electrons. The predicted octanol–water partition coefficient (Wildman–Crippen LogP) is -0.964. The van der Waals surface area contributed by atoms with Gasteiger partial charge in [0.2, 0.25) is 0 Å². The van der Waals surface area contributed by atoms with Gasteiger partial charge in [-0.05, 0) is 32.1 Å². The largest absolute Gasteiger partial charge is 1.00 e. The Kier molecular flexibility index (Phi) is 12.8. The van der Waals surface area contributed by atoms with Gasteiger partial charge in [0, 0.05) is 5.25 Å². The van der Waals surface area contributed by atoms with Gasteiger partial charge in [0.1, 0.15) is 0 Å². The van der Waals surface area contributed by atoms with Crippen LogP contribution in [0.3, 0.4) is 0 Å². The molecule has 0 aromatic carbocycles. The normalized spacial score (nSPS) is 15.1. The van der Waals surface area contributed by atoms with Crippen molar-refractivity contribution in [1.82, 2.24) is 0 Å². The van der Waals surface area contributed by atoms with E-state index in [4.69, 9.17) is 0 Å². The van der Waals surface area contributed by atoms with Crippen molar-refractivity contribution in [2.24, 2.45) is 0 Å². The second kappa shape index (κ2) is 10.8. The van der Waals surface area contributed by atoms with Crippen LogP contribution in [0.4, 0.5) is 0 Å². The maximum atomic E-state index is 10.8. The Morgan fingerprint density at radius 1 is 1.12 bits per heavy atom. The molecule has 6 heteroatoms. The van der Waals surface area contributed by atoms with Gasteiger partial charge < -0.3 is 9.66 Å². The molecule has 0 saturated carbocycles. The maximum Gasteiger partial charge on any atom is 1.00 e. The smallest absolute Gasteiger partial charge is 0.748 e. The van der Waals surface area contributed by atoms with Gasteiger partial charge in [0.15, 0.2) is 0 Å². The average Bonchev–Trinajstić information content (AvgIpc) is 2.19. The fourth-order valence-corrected chi connectivity index (χ4v) is 2.58. The molecule has 0 aliphatic rings. The summed E-state index contributed by atoms with van der Waals surface area (Å²) < 4.78 is 32.4. The van der Waals surface area contributed by atoms with Crippen LogP contribution < -0.4 is 29.6 Å². The minimum Gasteiger partial charge on any atom is -0.748 e. The molecule has 2 unspecified atom stereocenters. The third-order valence-electron chi connectivity index (χ3n) is 2.82. The summed E-state index contributed by atoms with van der Waals surface area (Å²) in [6.07, 6.45) is 4.35. The van der Waals surface area contributed by atoms with Gasteiger partial charge in [-0.1, -0.05) is 26.7 Å². The van der Waals surface area contributed by atoms with E-state index >= 15 is 0 Å². The summed E-state index contributed by atoms with van der Waals surface area (Å²) >= 11 is 0. The summed E-state index contributed by atoms with van der Waals surface area (Å²) in [6, 6.07) is 0. The van der Waals surface area contributed by atoms with Crippen LogP contribution in [0.25, 0.3) is 0 Å². The Balaban J connectivity index is 0. The van der Waals surface area contributed by atoms with Crippen molar-refractivity contribution in [2.45, 2.75) is 70.1 Å². The zero-order valence-corrected chi connectivity index (χ0v) is 14.0. The SMILES string of the molecule is CCCCC(O)CCCC(CC)S(=O)(=O)[O-].[Na+]. The third kappa shape index (κ3) is 10.5. The Hall–Kier alpha value is 0.870. The van der Waals surface area contributed by atoms with E-state index in [1.807, 2.05) is 0 Å². The molecule has 4 nitrogen and oxygen atoms in total. The molecule has 98 valence electrons. The molecular weight excluding hydrogens is 251 g/mol. The Morgan fingerprint density at radius 3 is 2.06 bits per heavy atom. The van der Waals surface area contributed by atoms with Crippen LogP contribution in [0.5, 0.6) is 0 Å². The fourth-order valence-electron chi connectivity index (χ4n) is 1.72. The van der Waals surface area contributed by atoms with E-state index in [2.05, 4.69) is 6.92 Å². The molecule has 0 amide bonds. The topological polar surface area (TPSA) is 77.4 Å². The first-order valence-corrected chi connectivity index (χ1v) is 7.51. The van der Waals surface area contributed by atoms with E-state index in [0.29, 0.717) is 25.7 Å². The molecule has 0 aliphatic heterocycles. The second-order valence-corrected chi connectivity index (χ2v) is 5.90. The second-order valence-electron chi connectivity index (χ2n) is 4.25. The molecule has 1 N–H and O–H groups in total. The summed E-state index contributed by atoms with van der Waals surface area (Å²) in [4.78, 5) is 0. The van der Waals surface area contributed by atoms with Crippen LogP contribution in [0.15, 0.2) is 0 Å². The molecule has 0 aromatic rings. The van der Waals surface area contributed by atoms with Gasteiger partial charge in [-0.25, -0.2) is 8.42 Å². The molecule has 0 aromatic heterocycles. The zero-order valence-electron chi connectivity index (χ0n) is 11.2. The van der Waals surface area contributed by atoms with E-state index in [-0.39, 0.29) is 35.7 Å². The number of aliphatic hydroxyl groups excluding tert-OH is 1. The van der Waals surface area contributed by atoms with Crippen molar-refractivity contribution < 1.29 is 47.6 Å². The van der Waals surface area contributed by atoms with Crippen molar-refractivity contribution in [1.29, 1.82) is 0 Å². The summed E-state index contributed by atoms with van der Waals surface area (Å²) in [5.74, 6) is 0. The van der Waals surface area contributed by atoms with Gasteiger partial charge in [-0.2, -0.15) is 0 Å². The summed E-state index contributed by atoms with van der Waals surface area (Å²) in [5.41, 5.74) is 0. The van der Waals surface area contributed by atoms with E-state index in [0.717, 1.165) is 19.3 Å². The van der Waals surface area contributed by atoms with E-state index in [1.54, 1.807) is 6.92 Å². The van der Waals surface area contributed by atoms with Gasteiger partial charge >= 0.3 is 29.6 Å². The molecule has 17 heavy (non-hydrogen) atoms. The molecule has 0 heterocycles. The number of rotatable bonds is 9. The van der Waals surface area contributed by atoms with Crippen molar-refractivity contribution in [3.05, 3.63) is 0 Å². The fraction of sp³-hybridized carbons (Fsp3) is 1.00. The molecule has 0 rings (SSSR count). The molecular formula is C11H23NaO4S. The molecule has 0 spiro atoms. The Labute approximate surface area is 127 Å². The minimum atomic E-state index is -4.16. The van der Waals surface area contributed by atoms with Crippen molar-refractivity contribution in [3.63, 3.8) is 0 Å². The van der Waals surface area contributed by atoms with Crippen LogP contribution in [0.2, 0.25) is 0 Å². The van der Waals surface area contributed by atoms with Crippen LogP contribution in [-0.2, 0) is 10.1 Å². The van der Waals surface area contributed by atoms with E-state index in [1.165, 1.54) is 0 Å². The van der Waals surface area contributed by atoms with Gasteiger partial charge in [-0.3, -0.25) is 0 Å². The monoisotopic (exact) mass is 274 g/mol. The molecule has 0 saturated heterocycles. The average molecular weight is 274 g/mol. The van der Waals surface area contributed by atoms with E-state index in [9.17, 15) is 18.1 Å². The number of unbranched alkanes of at least 4 members (excludes halogenated alkanes) is 1. The molecule has 0 fully saturated rings. The molecule has 0 aliphatic carbocycles. The first-order chi connectivity index (χ1) is 7.41.